The van der Waals surface area contributed by atoms with Gasteiger partial charge in [-0.05, 0) is 12.8 Å². The van der Waals surface area contributed by atoms with Crippen LogP contribution in [0.25, 0.3) is 0 Å². The van der Waals surface area contributed by atoms with Crippen LogP contribution < -0.4 is 5.73 Å². The van der Waals surface area contributed by atoms with Crippen molar-refractivity contribution in [1.29, 1.82) is 0 Å². The smallest absolute Gasteiger partial charge is 0.283 e. The molecule has 5 heteroatoms. The van der Waals surface area contributed by atoms with Crippen molar-refractivity contribution in [3.63, 3.8) is 0 Å². The van der Waals surface area contributed by atoms with Gasteiger partial charge in [0.1, 0.15) is 5.37 Å². The van der Waals surface area contributed by atoms with Crippen LogP contribution in [0.5, 0.6) is 0 Å². The van der Waals surface area contributed by atoms with Crippen LogP contribution >= 0.6 is 0 Å². The van der Waals surface area contributed by atoms with E-state index in [2.05, 4.69) is 6.92 Å². The molecule has 0 spiro atoms. The summed E-state index contributed by atoms with van der Waals surface area (Å²) in [7, 11) is -3.55. The van der Waals surface area contributed by atoms with E-state index in [1.165, 1.54) is 64.2 Å². The third kappa shape index (κ3) is 12.4. The third-order valence-electron chi connectivity index (χ3n) is 4.02. The standard InChI is InChI=1S/C17H37NO3S/c1-3-5-6-7-8-9-10-11-12-13-14-15-16-21-22(19,20)17(18)4-2/h17H,3-16,18H2,1-2H3. The van der Waals surface area contributed by atoms with Gasteiger partial charge < -0.3 is 5.73 Å². The fourth-order valence-electron chi connectivity index (χ4n) is 2.41. The van der Waals surface area contributed by atoms with Crippen LogP contribution in [-0.4, -0.2) is 20.4 Å². The van der Waals surface area contributed by atoms with Gasteiger partial charge in [-0.25, -0.2) is 0 Å². The number of rotatable bonds is 16. The molecule has 0 fully saturated rings. The first kappa shape index (κ1) is 21.9. The molecule has 0 radical (unpaired) electrons. The van der Waals surface area contributed by atoms with E-state index in [1.54, 1.807) is 6.92 Å². The van der Waals surface area contributed by atoms with Gasteiger partial charge in [0.05, 0.1) is 6.61 Å². The molecule has 0 heterocycles. The minimum atomic E-state index is -3.55. The van der Waals surface area contributed by atoms with Crippen LogP contribution in [-0.2, 0) is 14.3 Å². The molecule has 0 aromatic rings. The van der Waals surface area contributed by atoms with Crippen LogP contribution in [0.3, 0.4) is 0 Å². The monoisotopic (exact) mass is 335 g/mol. The molecule has 22 heavy (non-hydrogen) atoms. The van der Waals surface area contributed by atoms with E-state index in [1.807, 2.05) is 0 Å². The molecule has 0 saturated carbocycles. The summed E-state index contributed by atoms with van der Waals surface area (Å²) in [5.74, 6) is 0. The van der Waals surface area contributed by atoms with Gasteiger partial charge in [-0.15, -0.1) is 0 Å². The summed E-state index contributed by atoms with van der Waals surface area (Å²) in [6, 6.07) is 0. The number of nitrogens with two attached hydrogens (primary N) is 1. The Morgan fingerprint density at radius 3 is 1.59 bits per heavy atom. The predicted molar refractivity (Wildman–Crippen MR) is 94.2 cm³/mol. The SMILES string of the molecule is CCCCCCCCCCCCCCOS(=O)(=O)C(N)CC. The lowest BCUT2D eigenvalue weighted by Crippen LogP contribution is -2.31. The Hall–Kier alpha value is -0.130. The first-order valence-corrected chi connectivity index (χ1v) is 10.7. The van der Waals surface area contributed by atoms with Gasteiger partial charge >= 0.3 is 0 Å². The summed E-state index contributed by atoms with van der Waals surface area (Å²) in [6.45, 7) is 4.27. The van der Waals surface area contributed by atoms with E-state index in [0.717, 1.165) is 12.8 Å². The van der Waals surface area contributed by atoms with Crippen LogP contribution in [0, 0.1) is 0 Å². The quantitative estimate of drug-likeness (QED) is 0.327. The van der Waals surface area contributed by atoms with Crippen molar-refractivity contribution < 1.29 is 12.6 Å². The maximum Gasteiger partial charge on any atom is 0.283 e. The van der Waals surface area contributed by atoms with Gasteiger partial charge in [0.25, 0.3) is 10.1 Å². The van der Waals surface area contributed by atoms with Gasteiger partial charge in [-0.1, -0.05) is 84.5 Å². The van der Waals surface area contributed by atoms with Gasteiger partial charge in [0.2, 0.25) is 0 Å². The molecule has 0 aliphatic heterocycles. The molecule has 4 nitrogen and oxygen atoms in total. The molecular formula is C17H37NO3S. The predicted octanol–water partition coefficient (Wildman–Crippen LogP) is 4.73. The van der Waals surface area contributed by atoms with Gasteiger partial charge in [0.15, 0.2) is 0 Å². The molecule has 1 atom stereocenters. The average Bonchev–Trinajstić information content (AvgIpc) is 2.50. The van der Waals surface area contributed by atoms with Crippen molar-refractivity contribution >= 4 is 10.1 Å². The molecular weight excluding hydrogens is 298 g/mol. The summed E-state index contributed by atoms with van der Waals surface area (Å²) in [6.07, 6.45) is 15.5. The number of hydrogen-bond donors (Lipinski definition) is 1. The van der Waals surface area contributed by atoms with Gasteiger partial charge in [0, 0.05) is 0 Å². The molecule has 134 valence electrons. The first-order chi connectivity index (χ1) is 10.5. The molecule has 0 bridgehead atoms. The van der Waals surface area contributed by atoms with Crippen LogP contribution in [0.2, 0.25) is 0 Å². The normalized spacial score (nSPS) is 13.4. The highest BCUT2D eigenvalue weighted by molar-refractivity contribution is 7.87. The number of hydrogen-bond acceptors (Lipinski definition) is 4. The van der Waals surface area contributed by atoms with E-state index in [9.17, 15) is 8.42 Å². The van der Waals surface area contributed by atoms with Crippen molar-refractivity contribution in [3.05, 3.63) is 0 Å². The fraction of sp³-hybridized carbons (Fsp3) is 1.00. The summed E-state index contributed by atoms with van der Waals surface area (Å²) in [4.78, 5) is 0. The lowest BCUT2D eigenvalue weighted by molar-refractivity contribution is 0.300. The molecule has 2 N–H and O–H groups in total. The van der Waals surface area contributed by atoms with Gasteiger partial charge in [-0.2, -0.15) is 8.42 Å². The zero-order valence-electron chi connectivity index (χ0n) is 14.7. The topological polar surface area (TPSA) is 69.4 Å². The third-order valence-corrected chi connectivity index (χ3v) is 5.59. The van der Waals surface area contributed by atoms with Crippen molar-refractivity contribution in [3.8, 4) is 0 Å². The Bertz CT molecular complexity index is 331. The zero-order chi connectivity index (χ0) is 16.7. The minimum absolute atomic E-state index is 0.271. The second-order valence-corrected chi connectivity index (χ2v) is 7.98. The Labute approximate surface area is 138 Å². The van der Waals surface area contributed by atoms with Crippen molar-refractivity contribution in [2.45, 2.75) is 103 Å². The molecule has 0 aliphatic rings. The van der Waals surface area contributed by atoms with Gasteiger partial charge in [-0.3, -0.25) is 4.18 Å². The van der Waals surface area contributed by atoms with E-state index >= 15 is 0 Å². The molecule has 0 amide bonds. The molecule has 0 saturated heterocycles. The molecule has 0 aromatic carbocycles. The van der Waals surface area contributed by atoms with E-state index < -0.39 is 15.5 Å². The fourth-order valence-corrected chi connectivity index (χ4v) is 3.34. The largest absolute Gasteiger partial charge is 0.313 e. The summed E-state index contributed by atoms with van der Waals surface area (Å²) >= 11 is 0. The Kier molecular flexibility index (Phi) is 14.4. The van der Waals surface area contributed by atoms with E-state index in [-0.39, 0.29) is 6.61 Å². The second-order valence-electron chi connectivity index (χ2n) is 6.15. The summed E-state index contributed by atoms with van der Waals surface area (Å²) < 4.78 is 28.0. The lowest BCUT2D eigenvalue weighted by Gasteiger charge is -2.10. The Morgan fingerprint density at radius 1 is 0.773 bits per heavy atom. The van der Waals surface area contributed by atoms with Crippen LogP contribution in [0.15, 0.2) is 0 Å². The molecule has 0 aromatic heterocycles. The van der Waals surface area contributed by atoms with E-state index in [0.29, 0.717) is 6.42 Å². The second kappa shape index (κ2) is 14.5. The highest BCUT2D eigenvalue weighted by atomic mass is 32.2. The van der Waals surface area contributed by atoms with Crippen molar-refractivity contribution in [2.24, 2.45) is 5.73 Å². The molecule has 0 rings (SSSR count). The average molecular weight is 336 g/mol. The Balaban J connectivity index is 3.27. The lowest BCUT2D eigenvalue weighted by atomic mass is 10.1. The molecule has 1 unspecified atom stereocenters. The van der Waals surface area contributed by atoms with Crippen molar-refractivity contribution in [2.75, 3.05) is 6.61 Å². The highest BCUT2D eigenvalue weighted by Gasteiger charge is 2.19. The summed E-state index contributed by atoms with van der Waals surface area (Å²) in [5, 5.41) is -0.884. The molecule has 0 aliphatic carbocycles. The van der Waals surface area contributed by atoms with Crippen molar-refractivity contribution in [1.82, 2.24) is 0 Å². The zero-order valence-corrected chi connectivity index (χ0v) is 15.5. The first-order valence-electron chi connectivity index (χ1n) is 9.18. The summed E-state index contributed by atoms with van der Waals surface area (Å²) in [5.41, 5.74) is 5.48. The minimum Gasteiger partial charge on any atom is -0.313 e. The maximum atomic E-state index is 11.5. The van der Waals surface area contributed by atoms with Crippen LogP contribution in [0.4, 0.5) is 0 Å². The van der Waals surface area contributed by atoms with Crippen LogP contribution in [0.1, 0.15) is 97.3 Å². The van der Waals surface area contributed by atoms with E-state index in [4.69, 9.17) is 9.92 Å². The maximum absolute atomic E-state index is 11.5. The Morgan fingerprint density at radius 2 is 1.18 bits per heavy atom. The highest BCUT2D eigenvalue weighted by Crippen LogP contribution is 2.12. The number of unbranched alkanes of at least 4 members (excludes halogenated alkanes) is 11.